The van der Waals surface area contributed by atoms with Crippen LogP contribution in [-0.4, -0.2) is 17.7 Å². The largest absolute Gasteiger partial charge is 0.416 e. The second-order valence-electron chi connectivity index (χ2n) is 7.85. The zero-order chi connectivity index (χ0) is 19.9. The maximum Gasteiger partial charge on any atom is 0.416 e. The Balaban J connectivity index is 1.84. The van der Waals surface area contributed by atoms with E-state index in [4.69, 9.17) is 0 Å². The van der Waals surface area contributed by atoms with Crippen molar-refractivity contribution in [2.75, 3.05) is 6.54 Å². The molecule has 3 aromatic carbocycles. The van der Waals surface area contributed by atoms with Crippen LogP contribution in [0.4, 0.5) is 13.2 Å². The van der Waals surface area contributed by atoms with E-state index in [0.717, 1.165) is 59.2 Å². The van der Waals surface area contributed by atoms with Crippen LogP contribution in [0, 0.1) is 6.92 Å². The molecule has 4 rings (SSSR count). The summed E-state index contributed by atoms with van der Waals surface area (Å²) in [4.78, 5) is 0. The number of hydrogen-bond donors (Lipinski definition) is 2. The van der Waals surface area contributed by atoms with Crippen molar-refractivity contribution in [3.8, 4) is 0 Å². The molecule has 3 aromatic rings. The molecule has 1 heterocycles. The Hall–Kier alpha value is -2.11. The van der Waals surface area contributed by atoms with E-state index >= 15 is 0 Å². The van der Waals surface area contributed by atoms with Crippen molar-refractivity contribution in [2.45, 2.75) is 50.9 Å². The molecule has 2 atom stereocenters. The monoisotopic (exact) mass is 387 g/mol. The number of aliphatic hydroxyl groups excluding tert-OH is 1. The highest BCUT2D eigenvalue weighted by Crippen LogP contribution is 2.38. The van der Waals surface area contributed by atoms with Gasteiger partial charge in [0.05, 0.1) is 11.7 Å². The molecule has 28 heavy (non-hydrogen) atoms. The molecule has 0 amide bonds. The molecule has 1 saturated heterocycles. The van der Waals surface area contributed by atoms with Crippen LogP contribution >= 0.6 is 0 Å². The van der Waals surface area contributed by atoms with E-state index in [9.17, 15) is 18.3 Å². The number of nitrogens with one attached hydrogen (secondary N) is 1. The van der Waals surface area contributed by atoms with Crippen LogP contribution in [0.15, 0.2) is 42.5 Å². The van der Waals surface area contributed by atoms with Gasteiger partial charge in [0, 0.05) is 6.04 Å². The van der Waals surface area contributed by atoms with Crippen LogP contribution < -0.4 is 5.32 Å². The average Bonchev–Trinajstić information content (AvgIpc) is 2.67. The number of aliphatic hydroxyl groups is 1. The Morgan fingerprint density at radius 2 is 1.86 bits per heavy atom. The van der Waals surface area contributed by atoms with Crippen molar-refractivity contribution in [2.24, 2.45) is 0 Å². The minimum atomic E-state index is -4.38. The van der Waals surface area contributed by atoms with E-state index in [1.165, 1.54) is 12.1 Å². The molecule has 1 fully saturated rings. The van der Waals surface area contributed by atoms with Gasteiger partial charge < -0.3 is 10.4 Å². The minimum Gasteiger partial charge on any atom is -0.388 e. The van der Waals surface area contributed by atoms with Crippen LogP contribution in [0.3, 0.4) is 0 Å². The van der Waals surface area contributed by atoms with E-state index in [-0.39, 0.29) is 6.04 Å². The number of piperidine rings is 1. The first-order valence-corrected chi connectivity index (χ1v) is 9.78. The smallest absolute Gasteiger partial charge is 0.388 e. The Morgan fingerprint density at radius 3 is 2.57 bits per heavy atom. The van der Waals surface area contributed by atoms with Crippen molar-refractivity contribution in [1.29, 1.82) is 0 Å². The maximum atomic E-state index is 13.2. The van der Waals surface area contributed by atoms with E-state index in [0.29, 0.717) is 11.8 Å². The number of aryl methyl sites for hydroxylation is 1. The third-order valence-corrected chi connectivity index (χ3v) is 5.75. The van der Waals surface area contributed by atoms with E-state index in [2.05, 4.69) is 5.32 Å². The summed E-state index contributed by atoms with van der Waals surface area (Å²) in [6.45, 7) is 2.89. The molecule has 0 saturated carbocycles. The fraction of sp³-hybridized carbons (Fsp3) is 0.391. The third kappa shape index (κ3) is 3.74. The molecule has 2 N–H and O–H groups in total. The average molecular weight is 387 g/mol. The highest BCUT2D eigenvalue weighted by molar-refractivity contribution is 6.09. The predicted octanol–water partition coefficient (Wildman–Crippen LogP) is 5.89. The summed E-state index contributed by atoms with van der Waals surface area (Å²) in [7, 11) is 0. The number of benzene rings is 3. The first-order valence-electron chi connectivity index (χ1n) is 9.78. The number of hydrogen-bond acceptors (Lipinski definition) is 2. The second kappa shape index (κ2) is 7.37. The lowest BCUT2D eigenvalue weighted by Gasteiger charge is -2.26. The molecule has 0 spiro atoms. The zero-order valence-electron chi connectivity index (χ0n) is 15.8. The molecule has 1 aliphatic rings. The molecule has 0 aromatic heterocycles. The van der Waals surface area contributed by atoms with Gasteiger partial charge in [-0.1, -0.05) is 36.2 Å². The van der Waals surface area contributed by atoms with Crippen molar-refractivity contribution in [1.82, 2.24) is 5.32 Å². The first-order chi connectivity index (χ1) is 13.3. The zero-order valence-corrected chi connectivity index (χ0v) is 15.8. The van der Waals surface area contributed by atoms with Gasteiger partial charge in [-0.2, -0.15) is 13.2 Å². The van der Waals surface area contributed by atoms with Gasteiger partial charge in [0.2, 0.25) is 0 Å². The fourth-order valence-electron chi connectivity index (χ4n) is 4.27. The number of rotatable bonds is 3. The highest BCUT2D eigenvalue weighted by atomic mass is 19.4. The number of alkyl halides is 3. The normalized spacial score (nSPS) is 19.2. The summed E-state index contributed by atoms with van der Waals surface area (Å²) in [5.41, 5.74) is 1.11. The Morgan fingerprint density at radius 1 is 1.04 bits per heavy atom. The third-order valence-electron chi connectivity index (χ3n) is 5.75. The fourth-order valence-corrected chi connectivity index (χ4v) is 4.27. The van der Waals surface area contributed by atoms with E-state index in [1.807, 2.05) is 31.2 Å². The van der Waals surface area contributed by atoms with Crippen molar-refractivity contribution in [3.05, 3.63) is 59.2 Å². The SMILES string of the molecule is Cc1ccc2c(C(O)CC3CCCCN3)cc3ccc(C(F)(F)F)cc3c2c1. The molecule has 5 heteroatoms. The molecule has 2 nitrogen and oxygen atoms in total. The van der Waals surface area contributed by atoms with Gasteiger partial charge in [0.1, 0.15) is 0 Å². The Kier molecular flexibility index (Phi) is 5.06. The lowest BCUT2D eigenvalue weighted by molar-refractivity contribution is -0.137. The molecule has 0 bridgehead atoms. The molecule has 1 aliphatic heterocycles. The Bertz CT molecular complexity index is 1010. The van der Waals surface area contributed by atoms with Gasteiger partial charge in [-0.25, -0.2) is 0 Å². The van der Waals surface area contributed by atoms with Crippen molar-refractivity contribution < 1.29 is 18.3 Å². The number of fused-ring (bicyclic) bond motifs is 3. The molecule has 148 valence electrons. The lowest BCUT2D eigenvalue weighted by Crippen LogP contribution is -2.35. The number of halogens is 3. The van der Waals surface area contributed by atoms with E-state index in [1.54, 1.807) is 0 Å². The van der Waals surface area contributed by atoms with Crippen molar-refractivity contribution in [3.63, 3.8) is 0 Å². The maximum absolute atomic E-state index is 13.2. The second-order valence-corrected chi connectivity index (χ2v) is 7.85. The van der Waals surface area contributed by atoms with Gasteiger partial charge in [0.25, 0.3) is 0 Å². The molecule has 2 unspecified atom stereocenters. The molecular weight excluding hydrogens is 363 g/mol. The predicted molar refractivity (Wildman–Crippen MR) is 106 cm³/mol. The van der Waals surface area contributed by atoms with Gasteiger partial charge in [-0.05, 0) is 78.0 Å². The summed E-state index contributed by atoms with van der Waals surface area (Å²) in [5.74, 6) is 0. The van der Waals surface area contributed by atoms with Gasteiger partial charge in [0.15, 0.2) is 0 Å². The van der Waals surface area contributed by atoms with Crippen molar-refractivity contribution >= 4 is 21.5 Å². The van der Waals surface area contributed by atoms with Crippen LogP contribution in [0.2, 0.25) is 0 Å². The van der Waals surface area contributed by atoms with Gasteiger partial charge in [-0.3, -0.25) is 0 Å². The summed E-state index contributed by atoms with van der Waals surface area (Å²) >= 11 is 0. The summed E-state index contributed by atoms with van der Waals surface area (Å²) < 4.78 is 39.6. The van der Waals surface area contributed by atoms with Crippen LogP contribution in [0.25, 0.3) is 21.5 Å². The first kappa shape index (κ1) is 19.2. The molecule has 0 radical (unpaired) electrons. The van der Waals surface area contributed by atoms with Crippen LogP contribution in [0.1, 0.15) is 48.5 Å². The highest BCUT2D eigenvalue weighted by Gasteiger charge is 2.31. The summed E-state index contributed by atoms with van der Waals surface area (Å²) in [6.07, 6.45) is -1.08. The standard InChI is InChI=1S/C23H24F3NO/c1-14-5-8-18-20(10-14)19-12-16(23(24,25)26)7-6-15(19)11-21(18)22(28)13-17-4-2-3-9-27-17/h5-8,10-12,17,22,27-28H,2-4,9,13H2,1H3. The molecule has 0 aliphatic carbocycles. The Labute approximate surface area is 162 Å². The van der Waals surface area contributed by atoms with Crippen LogP contribution in [0.5, 0.6) is 0 Å². The quantitative estimate of drug-likeness (QED) is 0.550. The summed E-state index contributed by atoms with van der Waals surface area (Å²) in [5, 5.41) is 17.3. The summed E-state index contributed by atoms with van der Waals surface area (Å²) in [6, 6.07) is 11.7. The minimum absolute atomic E-state index is 0.271. The van der Waals surface area contributed by atoms with E-state index < -0.39 is 17.8 Å². The van der Waals surface area contributed by atoms with Crippen LogP contribution in [-0.2, 0) is 6.18 Å². The molecular formula is C23H24F3NO. The van der Waals surface area contributed by atoms with Gasteiger partial charge >= 0.3 is 6.18 Å². The lowest BCUT2D eigenvalue weighted by atomic mass is 9.89. The topological polar surface area (TPSA) is 32.3 Å². The van der Waals surface area contributed by atoms with Gasteiger partial charge in [-0.15, -0.1) is 0 Å².